The molecule has 1 aliphatic carbocycles. The van der Waals surface area contributed by atoms with Crippen LogP contribution in [0.5, 0.6) is 0 Å². The predicted octanol–water partition coefficient (Wildman–Crippen LogP) is 2.48. The van der Waals surface area contributed by atoms with E-state index in [9.17, 15) is 9.90 Å². The first-order chi connectivity index (χ1) is 10.7. The number of hydrogen-bond donors (Lipinski definition) is 3. The van der Waals surface area contributed by atoms with Crippen molar-refractivity contribution >= 4 is 10.9 Å². The minimum absolute atomic E-state index is 0.0359. The SMILES string of the molecule is CCc1cccc2cc(CN[C@H]3CCCC[C@@H]3O)c(=O)[nH]c12. The largest absolute Gasteiger partial charge is 0.392 e. The molecule has 0 amide bonds. The van der Waals surface area contributed by atoms with Crippen molar-refractivity contribution in [3.63, 3.8) is 0 Å². The molecule has 1 heterocycles. The highest BCUT2D eigenvalue weighted by Gasteiger charge is 2.22. The van der Waals surface area contributed by atoms with Crippen LogP contribution in [0.15, 0.2) is 29.1 Å². The summed E-state index contributed by atoms with van der Waals surface area (Å²) >= 11 is 0. The zero-order chi connectivity index (χ0) is 15.5. The summed E-state index contributed by atoms with van der Waals surface area (Å²) < 4.78 is 0. The van der Waals surface area contributed by atoms with Gasteiger partial charge in [0.25, 0.3) is 5.56 Å². The summed E-state index contributed by atoms with van der Waals surface area (Å²) in [5, 5.41) is 14.4. The van der Waals surface area contributed by atoms with Crippen LogP contribution in [0.25, 0.3) is 10.9 Å². The van der Waals surface area contributed by atoms with E-state index in [-0.39, 0.29) is 17.7 Å². The van der Waals surface area contributed by atoms with Gasteiger partial charge in [0.15, 0.2) is 0 Å². The number of benzene rings is 1. The topological polar surface area (TPSA) is 65.1 Å². The van der Waals surface area contributed by atoms with Gasteiger partial charge >= 0.3 is 0 Å². The van der Waals surface area contributed by atoms with Crippen LogP contribution in [0, 0.1) is 0 Å². The molecule has 1 aliphatic rings. The molecule has 4 heteroatoms. The maximum atomic E-state index is 12.3. The quantitative estimate of drug-likeness (QED) is 0.813. The average Bonchev–Trinajstić information content (AvgIpc) is 2.53. The van der Waals surface area contributed by atoms with Gasteiger partial charge in [0.1, 0.15) is 0 Å². The zero-order valence-electron chi connectivity index (χ0n) is 13.1. The summed E-state index contributed by atoms with van der Waals surface area (Å²) in [6.45, 7) is 2.59. The highest BCUT2D eigenvalue weighted by molar-refractivity contribution is 5.82. The molecule has 1 fully saturated rings. The fourth-order valence-electron chi connectivity index (χ4n) is 3.36. The Morgan fingerprint density at radius 1 is 1.27 bits per heavy atom. The third-order valence-electron chi connectivity index (χ3n) is 4.71. The monoisotopic (exact) mass is 300 g/mol. The van der Waals surface area contributed by atoms with Crippen molar-refractivity contribution in [1.29, 1.82) is 0 Å². The van der Waals surface area contributed by atoms with Gasteiger partial charge in [-0.25, -0.2) is 0 Å². The molecule has 0 radical (unpaired) electrons. The molecule has 1 aromatic heterocycles. The highest BCUT2D eigenvalue weighted by atomic mass is 16.3. The van der Waals surface area contributed by atoms with Crippen molar-refractivity contribution in [3.8, 4) is 0 Å². The molecule has 2 atom stereocenters. The lowest BCUT2D eigenvalue weighted by molar-refractivity contribution is 0.0902. The smallest absolute Gasteiger partial charge is 0.252 e. The number of aromatic nitrogens is 1. The summed E-state index contributed by atoms with van der Waals surface area (Å²) in [7, 11) is 0. The molecule has 0 aliphatic heterocycles. The van der Waals surface area contributed by atoms with Gasteiger partial charge in [0.2, 0.25) is 0 Å². The standard InChI is InChI=1S/C18H24N2O2/c1-2-12-6-5-7-13-10-14(18(22)20-17(12)13)11-19-15-8-3-4-9-16(15)21/h5-7,10,15-16,19,21H,2-4,8-9,11H2,1H3,(H,20,22)/t15-,16-/m0/s1. The lowest BCUT2D eigenvalue weighted by Crippen LogP contribution is -2.42. The number of rotatable bonds is 4. The molecule has 22 heavy (non-hydrogen) atoms. The molecule has 3 rings (SSSR count). The lowest BCUT2D eigenvalue weighted by Gasteiger charge is -2.28. The van der Waals surface area contributed by atoms with Gasteiger partial charge in [0, 0.05) is 18.2 Å². The average molecular weight is 300 g/mol. The minimum Gasteiger partial charge on any atom is -0.392 e. The fourth-order valence-corrected chi connectivity index (χ4v) is 3.36. The van der Waals surface area contributed by atoms with Crippen molar-refractivity contribution in [2.24, 2.45) is 0 Å². The molecule has 0 unspecified atom stereocenters. The first kappa shape index (κ1) is 15.3. The van der Waals surface area contributed by atoms with E-state index in [1.165, 1.54) is 0 Å². The third kappa shape index (κ3) is 3.08. The van der Waals surface area contributed by atoms with Crippen molar-refractivity contribution in [2.45, 2.75) is 57.7 Å². The summed E-state index contributed by atoms with van der Waals surface area (Å²) in [5.41, 5.74) is 2.80. The van der Waals surface area contributed by atoms with E-state index in [0.29, 0.717) is 6.54 Å². The molecule has 0 saturated heterocycles. The summed E-state index contributed by atoms with van der Waals surface area (Å²) in [6, 6.07) is 8.18. The van der Waals surface area contributed by atoms with Crippen molar-refractivity contribution < 1.29 is 5.11 Å². The highest BCUT2D eigenvalue weighted by Crippen LogP contribution is 2.19. The molecule has 0 spiro atoms. The number of H-pyrrole nitrogens is 1. The number of fused-ring (bicyclic) bond motifs is 1. The second-order valence-electron chi connectivity index (χ2n) is 6.20. The molecule has 4 nitrogen and oxygen atoms in total. The van der Waals surface area contributed by atoms with Crippen LogP contribution in [-0.4, -0.2) is 22.2 Å². The first-order valence-electron chi connectivity index (χ1n) is 8.24. The number of para-hydroxylation sites is 1. The van der Waals surface area contributed by atoms with E-state index in [0.717, 1.165) is 54.1 Å². The zero-order valence-corrected chi connectivity index (χ0v) is 13.1. The Morgan fingerprint density at radius 3 is 2.86 bits per heavy atom. The van der Waals surface area contributed by atoms with E-state index < -0.39 is 0 Å². The third-order valence-corrected chi connectivity index (χ3v) is 4.71. The Kier molecular flexibility index (Phi) is 4.60. The molecule has 118 valence electrons. The number of pyridine rings is 1. The molecular weight excluding hydrogens is 276 g/mol. The Labute approximate surface area is 130 Å². The van der Waals surface area contributed by atoms with Gasteiger partial charge in [0.05, 0.1) is 11.6 Å². The van der Waals surface area contributed by atoms with Crippen LogP contribution in [-0.2, 0) is 13.0 Å². The van der Waals surface area contributed by atoms with E-state index in [1.54, 1.807) is 0 Å². The minimum atomic E-state index is -0.292. The predicted molar refractivity (Wildman–Crippen MR) is 89.0 cm³/mol. The summed E-state index contributed by atoms with van der Waals surface area (Å²) in [5.74, 6) is 0. The van der Waals surface area contributed by atoms with Crippen LogP contribution in [0.3, 0.4) is 0 Å². The van der Waals surface area contributed by atoms with Gasteiger partial charge < -0.3 is 15.4 Å². The molecule has 0 bridgehead atoms. The van der Waals surface area contributed by atoms with E-state index in [1.807, 2.05) is 18.2 Å². The second kappa shape index (κ2) is 6.63. The Hall–Kier alpha value is -1.65. The number of aromatic amines is 1. The molecule has 1 saturated carbocycles. The van der Waals surface area contributed by atoms with Crippen LogP contribution < -0.4 is 10.9 Å². The number of nitrogens with one attached hydrogen (secondary N) is 2. The van der Waals surface area contributed by atoms with Crippen molar-refractivity contribution in [3.05, 3.63) is 45.7 Å². The van der Waals surface area contributed by atoms with Gasteiger partial charge in [-0.3, -0.25) is 4.79 Å². The van der Waals surface area contributed by atoms with Crippen molar-refractivity contribution in [1.82, 2.24) is 10.3 Å². The number of aliphatic hydroxyl groups is 1. The van der Waals surface area contributed by atoms with Crippen LogP contribution in [0.1, 0.15) is 43.7 Å². The van der Waals surface area contributed by atoms with Gasteiger partial charge in [-0.05, 0) is 36.3 Å². The fraction of sp³-hybridized carbons (Fsp3) is 0.500. The maximum absolute atomic E-state index is 12.3. The Balaban J connectivity index is 1.82. The molecular formula is C18H24N2O2. The number of hydrogen-bond acceptors (Lipinski definition) is 3. The molecule has 2 aromatic rings. The maximum Gasteiger partial charge on any atom is 0.252 e. The van der Waals surface area contributed by atoms with E-state index in [2.05, 4.69) is 23.3 Å². The Bertz CT molecular complexity index is 708. The van der Waals surface area contributed by atoms with Crippen LogP contribution >= 0.6 is 0 Å². The van der Waals surface area contributed by atoms with Gasteiger partial charge in [-0.1, -0.05) is 38.0 Å². The van der Waals surface area contributed by atoms with Gasteiger partial charge in [-0.15, -0.1) is 0 Å². The lowest BCUT2D eigenvalue weighted by atomic mass is 9.92. The number of aliphatic hydroxyl groups excluding tert-OH is 1. The summed E-state index contributed by atoms with van der Waals surface area (Å²) in [6.07, 6.45) is 4.68. The van der Waals surface area contributed by atoms with E-state index in [4.69, 9.17) is 0 Å². The van der Waals surface area contributed by atoms with Crippen LogP contribution in [0.4, 0.5) is 0 Å². The first-order valence-corrected chi connectivity index (χ1v) is 8.24. The normalized spacial score (nSPS) is 22.1. The molecule has 1 aromatic carbocycles. The Morgan fingerprint density at radius 2 is 2.09 bits per heavy atom. The van der Waals surface area contributed by atoms with Crippen LogP contribution in [0.2, 0.25) is 0 Å². The number of aryl methyl sites for hydroxylation is 1. The van der Waals surface area contributed by atoms with Gasteiger partial charge in [-0.2, -0.15) is 0 Å². The second-order valence-corrected chi connectivity index (χ2v) is 6.20. The summed E-state index contributed by atoms with van der Waals surface area (Å²) in [4.78, 5) is 15.3. The van der Waals surface area contributed by atoms with Crippen molar-refractivity contribution in [2.75, 3.05) is 0 Å². The van der Waals surface area contributed by atoms with E-state index >= 15 is 0 Å². The molecule has 3 N–H and O–H groups in total.